The van der Waals surface area contributed by atoms with Crippen LogP contribution >= 0.6 is 11.6 Å². The van der Waals surface area contributed by atoms with Crippen LogP contribution in [0.3, 0.4) is 0 Å². The summed E-state index contributed by atoms with van der Waals surface area (Å²) in [7, 11) is 0. The minimum absolute atomic E-state index is 0.124. The number of hydrazine groups is 1. The van der Waals surface area contributed by atoms with Crippen LogP contribution in [0.2, 0.25) is 5.02 Å². The summed E-state index contributed by atoms with van der Waals surface area (Å²) in [6.45, 7) is 0. The highest BCUT2D eigenvalue weighted by Crippen LogP contribution is 2.28. The van der Waals surface area contributed by atoms with Crippen LogP contribution in [0, 0.1) is 0 Å². The molecule has 0 amide bonds. The summed E-state index contributed by atoms with van der Waals surface area (Å²) in [5.74, 6) is 5.76. The Kier molecular flexibility index (Phi) is 3.65. The third kappa shape index (κ3) is 2.39. The van der Waals surface area contributed by atoms with Gasteiger partial charge in [-0.2, -0.15) is 0 Å². The second-order valence-electron chi connectivity index (χ2n) is 4.57. The van der Waals surface area contributed by atoms with E-state index in [1.807, 2.05) is 54.6 Å². The second-order valence-corrected chi connectivity index (χ2v) is 5.01. The molecule has 0 fully saturated rings. The molecule has 20 heavy (non-hydrogen) atoms. The number of hydrogen-bond donors (Lipinski definition) is 2. The van der Waals surface area contributed by atoms with E-state index in [1.54, 1.807) is 6.20 Å². The number of benzene rings is 2. The molecule has 1 atom stereocenters. The van der Waals surface area contributed by atoms with Gasteiger partial charge in [0, 0.05) is 16.6 Å². The zero-order chi connectivity index (χ0) is 13.9. The maximum Gasteiger partial charge on any atom is 0.0717 e. The molecule has 3 nitrogen and oxygen atoms in total. The summed E-state index contributed by atoms with van der Waals surface area (Å²) < 4.78 is 0. The number of hydrogen-bond acceptors (Lipinski definition) is 3. The highest BCUT2D eigenvalue weighted by molar-refractivity contribution is 6.30. The van der Waals surface area contributed by atoms with Crippen molar-refractivity contribution >= 4 is 22.5 Å². The molecule has 0 radical (unpaired) electrons. The quantitative estimate of drug-likeness (QED) is 0.572. The Bertz CT molecular complexity index is 737. The van der Waals surface area contributed by atoms with E-state index in [4.69, 9.17) is 17.4 Å². The minimum atomic E-state index is -0.124. The summed E-state index contributed by atoms with van der Waals surface area (Å²) in [6, 6.07) is 17.6. The van der Waals surface area contributed by atoms with E-state index in [-0.39, 0.29) is 6.04 Å². The van der Waals surface area contributed by atoms with Crippen LogP contribution in [0.25, 0.3) is 10.9 Å². The fourth-order valence-corrected chi connectivity index (χ4v) is 2.62. The lowest BCUT2D eigenvalue weighted by Crippen LogP contribution is -2.29. The lowest BCUT2D eigenvalue weighted by Gasteiger charge is -2.18. The van der Waals surface area contributed by atoms with E-state index in [2.05, 4.69) is 10.4 Å². The number of pyridine rings is 1. The van der Waals surface area contributed by atoms with Crippen LogP contribution < -0.4 is 11.3 Å². The van der Waals surface area contributed by atoms with Gasteiger partial charge in [-0.05, 0) is 35.4 Å². The number of halogens is 1. The lowest BCUT2D eigenvalue weighted by atomic mass is 9.96. The highest BCUT2D eigenvalue weighted by Gasteiger charge is 2.15. The largest absolute Gasteiger partial charge is 0.271 e. The molecule has 0 aliphatic rings. The van der Waals surface area contributed by atoms with Gasteiger partial charge in [0.05, 0.1) is 11.6 Å². The minimum Gasteiger partial charge on any atom is -0.271 e. The molecule has 1 unspecified atom stereocenters. The zero-order valence-corrected chi connectivity index (χ0v) is 11.5. The molecule has 3 rings (SSSR count). The average Bonchev–Trinajstić information content (AvgIpc) is 2.48. The molecule has 0 spiro atoms. The molecule has 3 aromatic rings. The van der Waals surface area contributed by atoms with E-state index in [0.717, 1.165) is 22.0 Å². The topological polar surface area (TPSA) is 50.9 Å². The Morgan fingerprint density at radius 2 is 1.90 bits per heavy atom. The Hall–Kier alpha value is -1.94. The maximum atomic E-state index is 6.07. The van der Waals surface area contributed by atoms with E-state index >= 15 is 0 Å². The van der Waals surface area contributed by atoms with Crippen LogP contribution in [0.15, 0.2) is 60.8 Å². The molecule has 0 bridgehead atoms. The van der Waals surface area contributed by atoms with Crippen molar-refractivity contribution in [1.82, 2.24) is 10.4 Å². The van der Waals surface area contributed by atoms with Crippen LogP contribution in [-0.2, 0) is 0 Å². The van der Waals surface area contributed by atoms with Gasteiger partial charge in [-0.3, -0.25) is 10.8 Å². The standard InChI is InChI=1S/C16H14ClN3/c17-12-5-3-4-11(10-12)16(20-18)14-8-9-19-15-7-2-1-6-13(14)15/h1-10,16,20H,18H2. The smallest absolute Gasteiger partial charge is 0.0717 e. The molecule has 0 aliphatic carbocycles. The summed E-state index contributed by atoms with van der Waals surface area (Å²) in [6.07, 6.45) is 1.80. The summed E-state index contributed by atoms with van der Waals surface area (Å²) >= 11 is 6.07. The van der Waals surface area contributed by atoms with Crippen molar-refractivity contribution in [3.8, 4) is 0 Å². The molecule has 0 saturated heterocycles. The number of aromatic nitrogens is 1. The van der Waals surface area contributed by atoms with Gasteiger partial charge >= 0.3 is 0 Å². The SMILES string of the molecule is NNC(c1cccc(Cl)c1)c1ccnc2ccccc12. The van der Waals surface area contributed by atoms with Gasteiger partial charge in [-0.1, -0.05) is 41.9 Å². The van der Waals surface area contributed by atoms with E-state index in [1.165, 1.54) is 0 Å². The van der Waals surface area contributed by atoms with Gasteiger partial charge in [0.15, 0.2) is 0 Å². The molecular weight excluding hydrogens is 270 g/mol. The summed E-state index contributed by atoms with van der Waals surface area (Å²) in [5, 5.41) is 1.78. The van der Waals surface area contributed by atoms with Gasteiger partial charge in [0.1, 0.15) is 0 Å². The van der Waals surface area contributed by atoms with E-state index in [0.29, 0.717) is 5.02 Å². The first-order chi connectivity index (χ1) is 9.79. The van der Waals surface area contributed by atoms with Crippen molar-refractivity contribution in [2.45, 2.75) is 6.04 Å². The molecule has 4 heteroatoms. The van der Waals surface area contributed by atoms with Gasteiger partial charge in [0.25, 0.3) is 0 Å². The van der Waals surface area contributed by atoms with Crippen LogP contribution in [-0.4, -0.2) is 4.98 Å². The first-order valence-electron chi connectivity index (χ1n) is 6.35. The highest BCUT2D eigenvalue weighted by atomic mass is 35.5. The predicted octanol–water partition coefficient (Wildman–Crippen LogP) is 3.44. The van der Waals surface area contributed by atoms with Crippen LogP contribution in [0.5, 0.6) is 0 Å². The van der Waals surface area contributed by atoms with Crippen molar-refractivity contribution in [2.24, 2.45) is 5.84 Å². The van der Waals surface area contributed by atoms with Gasteiger partial charge in [0.2, 0.25) is 0 Å². The maximum absolute atomic E-state index is 6.07. The van der Waals surface area contributed by atoms with Gasteiger partial charge in [-0.15, -0.1) is 0 Å². The molecule has 0 aliphatic heterocycles. The summed E-state index contributed by atoms with van der Waals surface area (Å²) in [5.41, 5.74) is 5.93. The van der Waals surface area contributed by atoms with Crippen molar-refractivity contribution < 1.29 is 0 Å². The van der Waals surface area contributed by atoms with Gasteiger partial charge in [-0.25, -0.2) is 5.43 Å². The molecular formula is C16H14ClN3. The predicted molar refractivity (Wildman–Crippen MR) is 82.4 cm³/mol. The van der Waals surface area contributed by atoms with Gasteiger partial charge < -0.3 is 0 Å². The van der Waals surface area contributed by atoms with Crippen molar-refractivity contribution in [3.05, 3.63) is 76.9 Å². The third-order valence-corrected chi connectivity index (χ3v) is 3.58. The molecule has 3 N–H and O–H groups in total. The molecule has 100 valence electrons. The normalized spacial score (nSPS) is 12.5. The first kappa shape index (κ1) is 13.1. The number of para-hydroxylation sites is 1. The van der Waals surface area contributed by atoms with Crippen LogP contribution in [0.1, 0.15) is 17.2 Å². The molecule has 1 heterocycles. The Labute approximate surface area is 122 Å². The molecule has 0 saturated carbocycles. The molecule has 1 aromatic heterocycles. The fraction of sp³-hybridized carbons (Fsp3) is 0.0625. The number of nitrogens with two attached hydrogens (primary N) is 1. The number of fused-ring (bicyclic) bond motifs is 1. The average molecular weight is 284 g/mol. The summed E-state index contributed by atoms with van der Waals surface area (Å²) in [4.78, 5) is 4.38. The first-order valence-corrected chi connectivity index (χ1v) is 6.72. The van der Waals surface area contributed by atoms with E-state index in [9.17, 15) is 0 Å². The van der Waals surface area contributed by atoms with E-state index < -0.39 is 0 Å². The van der Waals surface area contributed by atoms with Crippen LogP contribution in [0.4, 0.5) is 0 Å². The third-order valence-electron chi connectivity index (χ3n) is 3.34. The second kappa shape index (κ2) is 5.59. The Morgan fingerprint density at radius 1 is 1.05 bits per heavy atom. The number of nitrogens with zero attached hydrogens (tertiary/aromatic N) is 1. The Morgan fingerprint density at radius 3 is 2.70 bits per heavy atom. The van der Waals surface area contributed by atoms with Crippen molar-refractivity contribution in [1.29, 1.82) is 0 Å². The molecule has 2 aromatic carbocycles. The Balaban J connectivity index is 2.17. The monoisotopic (exact) mass is 283 g/mol. The number of rotatable bonds is 3. The fourth-order valence-electron chi connectivity index (χ4n) is 2.42. The number of nitrogens with one attached hydrogen (secondary N) is 1. The van der Waals surface area contributed by atoms with Crippen molar-refractivity contribution in [3.63, 3.8) is 0 Å². The lowest BCUT2D eigenvalue weighted by molar-refractivity contribution is 0.640. The zero-order valence-electron chi connectivity index (χ0n) is 10.8. The van der Waals surface area contributed by atoms with Crippen molar-refractivity contribution in [2.75, 3.05) is 0 Å².